The second-order valence-electron chi connectivity index (χ2n) is 3.44. The van der Waals surface area contributed by atoms with Crippen molar-refractivity contribution in [2.24, 2.45) is 5.90 Å². The molecule has 0 aliphatic carbocycles. The zero-order valence-corrected chi connectivity index (χ0v) is 9.95. The Labute approximate surface area is 99.2 Å². The number of benzene rings is 1. The highest BCUT2D eigenvalue weighted by molar-refractivity contribution is 6.31. The summed E-state index contributed by atoms with van der Waals surface area (Å²) in [5.74, 6) is 4.55. The Morgan fingerprint density at radius 3 is 2.75 bits per heavy atom. The summed E-state index contributed by atoms with van der Waals surface area (Å²) in [5.41, 5.74) is 1.86. The molecule has 4 nitrogen and oxygen atoms in total. The lowest BCUT2D eigenvalue weighted by Gasteiger charge is -2.12. The Bertz CT molecular complexity index is 381. The third-order valence-corrected chi connectivity index (χ3v) is 2.70. The van der Waals surface area contributed by atoms with Crippen LogP contribution >= 0.6 is 11.6 Å². The molecule has 1 unspecified atom stereocenters. The fourth-order valence-corrected chi connectivity index (χ4v) is 1.48. The van der Waals surface area contributed by atoms with E-state index in [1.165, 1.54) is 7.11 Å². The van der Waals surface area contributed by atoms with Crippen molar-refractivity contribution in [2.45, 2.75) is 19.4 Å². The molecule has 0 amide bonds. The monoisotopic (exact) mass is 243 g/mol. The molecule has 0 spiro atoms. The van der Waals surface area contributed by atoms with E-state index >= 15 is 0 Å². The summed E-state index contributed by atoms with van der Waals surface area (Å²) in [6.07, 6.45) is -0.424. The molecule has 1 atom stereocenters. The van der Waals surface area contributed by atoms with Gasteiger partial charge in [0.05, 0.1) is 7.11 Å². The molecular formula is C11H14ClNO3. The van der Waals surface area contributed by atoms with Crippen LogP contribution in [0.15, 0.2) is 18.2 Å². The van der Waals surface area contributed by atoms with Gasteiger partial charge in [0.25, 0.3) is 0 Å². The minimum Gasteiger partial charge on any atom is -0.467 e. The van der Waals surface area contributed by atoms with Crippen molar-refractivity contribution in [2.75, 3.05) is 7.11 Å². The number of halogens is 1. The maximum atomic E-state index is 11.2. The number of nitrogens with two attached hydrogens (primary N) is 1. The lowest BCUT2D eigenvalue weighted by molar-refractivity contribution is -0.154. The Kier molecular flexibility index (Phi) is 4.73. The van der Waals surface area contributed by atoms with E-state index in [2.05, 4.69) is 9.57 Å². The van der Waals surface area contributed by atoms with Crippen LogP contribution < -0.4 is 5.90 Å². The Morgan fingerprint density at radius 2 is 2.25 bits per heavy atom. The number of carbonyl (C=O) groups is 1. The standard InChI is InChI=1S/C11H14ClNO3/c1-7-5-8(3-4-9(7)12)6-10(16-13)11(14)15-2/h3-5,10H,6,13H2,1-2H3. The van der Waals surface area contributed by atoms with E-state index in [1.54, 1.807) is 6.07 Å². The first-order valence-electron chi connectivity index (χ1n) is 4.77. The normalized spacial score (nSPS) is 12.2. The highest BCUT2D eigenvalue weighted by Crippen LogP contribution is 2.17. The average Bonchev–Trinajstić information content (AvgIpc) is 2.29. The molecule has 0 bridgehead atoms. The number of methoxy groups -OCH3 is 1. The van der Waals surface area contributed by atoms with Crippen molar-refractivity contribution >= 4 is 17.6 Å². The summed E-state index contributed by atoms with van der Waals surface area (Å²) < 4.78 is 4.56. The van der Waals surface area contributed by atoms with Crippen LogP contribution in [0.2, 0.25) is 5.02 Å². The first-order valence-corrected chi connectivity index (χ1v) is 5.14. The second kappa shape index (κ2) is 5.84. The molecule has 5 heteroatoms. The van der Waals surface area contributed by atoms with E-state index in [1.807, 2.05) is 19.1 Å². The predicted molar refractivity (Wildman–Crippen MR) is 61.0 cm³/mol. The quantitative estimate of drug-likeness (QED) is 0.645. The molecule has 0 aliphatic rings. The van der Waals surface area contributed by atoms with E-state index in [-0.39, 0.29) is 0 Å². The molecule has 0 saturated heterocycles. The van der Waals surface area contributed by atoms with Crippen molar-refractivity contribution in [3.05, 3.63) is 34.3 Å². The summed E-state index contributed by atoms with van der Waals surface area (Å²) in [4.78, 5) is 15.8. The molecule has 1 aromatic carbocycles. The van der Waals surface area contributed by atoms with E-state index in [0.717, 1.165) is 11.1 Å². The van der Waals surface area contributed by atoms with Gasteiger partial charge in [-0.3, -0.25) is 4.84 Å². The highest BCUT2D eigenvalue weighted by atomic mass is 35.5. The van der Waals surface area contributed by atoms with E-state index < -0.39 is 12.1 Å². The van der Waals surface area contributed by atoms with Gasteiger partial charge in [-0.25, -0.2) is 10.7 Å². The molecular weight excluding hydrogens is 230 g/mol. The highest BCUT2D eigenvalue weighted by Gasteiger charge is 2.19. The maximum absolute atomic E-state index is 11.2. The second-order valence-corrected chi connectivity index (χ2v) is 3.84. The number of esters is 1. The number of hydrogen-bond acceptors (Lipinski definition) is 4. The van der Waals surface area contributed by atoms with E-state index in [4.69, 9.17) is 17.5 Å². The molecule has 2 N–H and O–H groups in total. The Morgan fingerprint density at radius 1 is 1.56 bits per heavy atom. The van der Waals surface area contributed by atoms with Gasteiger partial charge < -0.3 is 4.74 Å². The molecule has 0 saturated carbocycles. The number of rotatable bonds is 4. The average molecular weight is 244 g/mol. The fourth-order valence-electron chi connectivity index (χ4n) is 1.37. The topological polar surface area (TPSA) is 61.5 Å². The summed E-state index contributed by atoms with van der Waals surface area (Å²) in [5, 5.41) is 0.687. The van der Waals surface area contributed by atoms with Crippen molar-refractivity contribution in [3.63, 3.8) is 0 Å². The minimum atomic E-state index is -0.787. The van der Waals surface area contributed by atoms with Crippen molar-refractivity contribution in [3.8, 4) is 0 Å². The summed E-state index contributed by atoms with van der Waals surface area (Å²) >= 11 is 5.89. The van der Waals surface area contributed by atoms with E-state index in [9.17, 15) is 4.79 Å². The van der Waals surface area contributed by atoms with Crippen LogP contribution in [0.3, 0.4) is 0 Å². The van der Waals surface area contributed by atoms with Crippen molar-refractivity contribution in [1.29, 1.82) is 0 Å². The molecule has 0 radical (unpaired) electrons. The largest absolute Gasteiger partial charge is 0.467 e. The SMILES string of the molecule is COC(=O)C(Cc1ccc(Cl)c(C)c1)ON. The van der Waals surface area contributed by atoms with Gasteiger partial charge in [0, 0.05) is 11.4 Å². The van der Waals surface area contributed by atoms with Gasteiger partial charge in [-0.05, 0) is 24.1 Å². The molecule has 0 aromatic heterocycles. The molecule has 1 rings (SSSR count). The third kappa shape index (κ3) is 3.20. The van der Waals surface area contributed by atoms with Gasteiger partial charge in [-0.2, -0.15) is 0 Å². The van der Waals surface area contributed by atoms with Crippen LogP contribution in [0.25, 0.3) is 0 Å². The lowest BCUT2D eigenvalue weighted by Crippen LogP contribution is -2.30. The zero-order chi connectivity index (χ0) is 12.1. The van der Waals surface area contributed by atoms with E-state index in [0.29, 0.717) is 11.4 Å². The number of ether oxygens (including phenoxy) is 1. The van der Waals surface area contributed by atoms with Gasteiger partial charge in [0.1, 0.15) is 0 Å². The zero-order valence-electron chi connectivity index (χ0n) is 9.20. The smallest absolute Gasteiger partial charge is 0.337 e. The molecule has 0 fully saturated rings. The predicted octanol–water partition coefficient (Wildman–Crippen LogP) is 1.62. The Balaban J connectivity index is 2.78. The number of aryl methyl sites for hydroxylation is 1. The van der Waals surface area contributed by atoms with Crippen molar-refractivity contribution < 1.29 is 14.4 Å². The lowest BCUT2D eigenvalue weighted by atomic mass is 10.1. The molecule has 1 aromatic rings. The third-order valence-electron chi connectivity index (χ3n) is 2.27. The first-order chi connectivity index (χ1) is 7.58. The Hall–Kier alpha value is -1.10. The molecule has 88 valence electrons. The first kappa shape index (κ1) is 13.0. The van der Waals surface area contributed by atoms with Gasteiger partial charge in [-0.1, -0.05) is 23.7 Å². The minimum absolute atomic E-state index is 0.362. The van der Waals surface area contributed by atoms with Crippen LogP contribution in [0.5, 0.6) is 0 Å². The van der Waals surface area contributed by atoms with Gasteiger partial charge in [-0.15, -0.1) is 0 Å². The molecule has 0 heterocycles. The van der Waals surface area contributed by atoms with Crippen LogP contribution in [0.4, 0.5) is 0 Å². The molecule has 0 aliphatic heterocycles. The fraction of sp³-hybridized carbons (Fsp3) is 0.364. The van der Waals surface area contributed by atoms with Crippen LogP contribution in [0.1, 0.15) is 11.1 Å². The van der Waals surface area contributed by atoms with Gasteiger partial charge in [0.15, 0.2) is 6.10 Å². The van der Waals surface area contributed by atoms with Crippen molar-refractivity contribution in [1.82, 2.24) is 0 Å². The van der Waals surface area contributed by atoms with Crippen LogP contribution in [-0.2, 0) is 20.8 Å². The number of carbonyl (C=O) groups excluding carboxylic acids is 1. The summed E-state index contributed by atoms with van der Waals surface area (Å²) in [6.45, 7) is 1.89. The van der Waals surface area contributed by atoms with Crippen LogP contribution in [-0.4, -0.2) is 19.2 Å². The summed E-state index contributed by atoms with van der Waals surface area (Å²) in [6, 6.07) is 5.48. The molecule has 16 heavy (non-hydrogen) atoms. The van der Waals surface area contributed by atoms with Gasteiger partial charge >= 0.3 is 5.97 Å². The maximum Gasteiger partial charge on any atom is 0.337 e. The van der Waals surface area contributed by atoms with Crippen LogP contribution in [0, 0.1) is 6.92 Å². The summed E-state index contributed by atoms with van der Waals surface area (Å²) in [7, 11) is 1.29. The number of hydrogen-bond donors (Lipinski definition) is 1. The van der Waals surface area contributed by atoms with Gasteiger partial charge in [0.2, 0.25) is 0 Å².